The Morgan fingerprint density at radius 1 is 1.12 bits per heavy atom. The summed E-state index contributed by atoms with van der Waals surface area (Å²) in [5.74, 6) is 0. The molecule has 1 aromatic carbocycles. The summed E-state index contributed by atoms with van der Waals surface area (Å²) in [5, 5.41) is 3.18. The van der Waals surface area contributed by atoms with Gasteiger partial charge >= 0.3 is 6.02 Å². The lowest BCUT2D eigenvalue weighted by Crippen LogP contribution is -2.83. The van der Waals surface area contributed by atoms with Crippen molar-refractivity contribution in [2.24, 2.45) is 5.73 Å². The van der Waals surface area contributed by atoms with Crippen molar-refractivity contribution in [1.82, 2.24) is 5.32 Å². The van der Waals surface area contributed by atoms with Crippen molar-refractivity contribution < 1.29 is 14.5 Å². The van der Waals surface area contributed by atoms with E-state index in [1.165, 1.54) is 31.2 Å². The van der Waals surface area contributed by atoms with E-state index in [0.29, 0.717) is 12.6 Å². The Bertz CT molecular complexity index is 437. The van der Waals surface area contributed by atoms with E-state index >= 15 is 0 Å². The molecule has 0 fully saturated rings. The Balaban J connectivity index is 2.25. The van der Waals surface area contributed by atoms with Gasteiger partial charge in [0.05, 0.1) is 13.7 Å². The van der Waals surface area contributed by atoms with Crippen molar-refractivity contribution in [3.63, 3.8) is 0 Å². The maximum absolute atomic E-state index is 5.84. The average Bonchev–Trinajstić information content (AvgIpc) is 2.61. The van der Waals surface area contributed by atoms with Crippen molar-refractivity contribution in [3.05, 3.63) is 35.9 Å². The van der Waals surface area contributed by atoms with Crippen molar-refractivity contribution >= 4 is 6.02 Å². The van der Waals surface area contributed by atoms with Gasteiger partial charge in [0.25, 0.3) is 0 Å². The van der Waals surface area contributed by atoms with E-state index in [2.05, 4.69) is 22.4 Å². The smallest absolute Gasteiger partial charge is 0.435 e. The number of methoxy groups -OCH3 is 1. The van der Waals surface area contributed by atoms with Crippen molar-refractivity contribution in [3.8, 4) is 0 Å². The summed E-state index contributed by atoms with van der Waals surface area (Å²) in [6.45, 7) is 2.53. The van der Waals surface area contributed by atoms with Gasteiger partial charge in [-0.15, -0.1) is 0 Å². The van der Waals surface area contributed by atoms with Crippen molar-refractivity contribution in [2.45, 2.75) is 44.6 Å². The van der Waals surface area contributed by atoms with Crippen LogP contribution in [0.2, 0.25) is 0 Å². The van der Waals surface area contributed by atoms with Gasteiger partial charge in [-0.25, -0.2) is 4.99 Å². The van der Waals surface area contributed by atoms with Gasteiger partial charge in [-0.3, -0.25) is 5.73 Å². The number of amidine groups is 1. The zero-order valence-corrected chi connectivity index (χ0v) is 15.2. The van der Waals surface area contributed by atoms with Gasteiger partial charge in [-0.2, -0.15) is 0 Å². The maximum Gasteiger partial charge on any atom is 0.439 e. The molecule has 1 aromatic rings. The summed E-state index contributed by atoms with van der Waals surface area (Å²) in [7, 11) is 3.57. The largest absolute Gasteiger partial charge is 0.439 e. The van der Waals surface area contributed by atoms with Crippen LogP contribution in [0.15, 0.2) is 30.3 Å². The first-order valence-corrected chi connectivity index (χ1v) is 8.95. The van der Waals surface area contributed by atoms with Crippen LogP contribution in [-0.2, 0) is 15.9 Å². The topological polar surface area (TPSA) is 70.5 Å². The number of rotatable bonds is 13. The molecule has 0 aromatic heterocycles. The minimum absolute atomic E-state index is 0.114. The van der Waals surface area contributed by atoms with E-state index < -0.39 is 0 Å². The second kappa shape index (κ2) is 13.8. The van der Waals surface area contributed by atoms with Crippen LogP contribution in [0.5, 0.6) is 0 Å². The average molecular weight is 337 g/mol. The molecular weight excluding hydrogens is 302 g/mol. The predicted octanol–water partition coefficient (Wildman–Crippen LogP) is 0.826. The van der Waals surface area contributed by atoms with E-state index in [1.807, 2.05) is 25.2 Å². The van der Waals surface area contributed by atoms with Crippen LogP contribution in [0.25, 0.3) is 0 Å². The summed E-state index contributed by atoms with van der Waals surface area (Å²) >= 11 is 0. The molecule has 0 aliphatic heterocycles. The van der Waals surface area contributed by atoms with Gasteiger partial charge in [-0.1, -0.05) is 49.6 Å². The Labute approximate surface area is 146 Å². The minimum atomic E-state index is 0.114. The molecule has 136 valence electrons. The van der Waals surface area contributed by atoms with Crippen molar-refractivity contribution in [1.29, 1.82) is 0 Å². The normalized spacial score (nSPS) is 13.0. The van der Waals surface area contributed by atoms with Crippen LogP contribution in [0.3, 0.4) is 0 Å². The molecule has 5 heteroatoms. The molecule has 0 radical (unpaired) electrons. The molecule has 0 spiro atoms. The van der Waals surface area contributed by atoms with E-state index in [0.717, 1.165) is 26.0 Å². The number of nitrogens with one attached hydrogen (secondary N) is 2. The Morgan fingerprint density at radius 3 is 2.54 bits per heavy atom. The highest BCUT2D eigenvalue weighted by atomic mass is 16.5. The number of hydrogen-bond donors (Lipinski definition) is 3. The predicted molar refractivity (Wildman–Crippen MR) is 98.9 cm³/mol. The first-order chi connectivity index (χ1) is 11.8. The SMILES string of the molecule is CNCCCCCCCOCC(Cc1ccccc1)[NH+]=C(N)OC. The molecule has 0 heterocycles. The molecule has 0 aliphatic rings. The standard InChI is InChI=1S/C19H33N3O2/c1-21-13-9-4-3-5-10-14-24-16-18(22-19(20)23-2)15-17-11-7-6-8-12-17/h6-8,11-12,18,21H,3-5,9-10,13-16H2,1-2H3,(H2,20,22)/p+1. The summed E-state index contributed by atoms with van der Waals surface area (Å²) in [6, 6.07) is 10.8. The van der Waals surface area contributed by atoms with E-state index in [9.17, 15) is 0 Å². The van der Waals surface area contributed by atoms with Crippen LogP contribution in [0, 0.1) is 0 Å². The molecule has 0 bridgehead atoms. The monoisotopic (exact) mass is 336 g/mol. The molecule has 5 nitrogen and oxygen atoms in total. The van der Waals surface area contributed by atoms with Crippen LogP contribution >= 0.6 is 0 Å². The summed E-state index contributed by atoms with van der Waals surface area (Å²) in [4.78, 5) is 3.18. The highest BCUT2D eigenvalue weighted by molar-refractivity contribution is 5.64. The molecule has 4 N–H and O–H groups in total. The summed E-state index contributed by atoms with van der Waals surface area (Å²) in [6.07, 6.45) is 7.02. The molecular formula is C19H34N3O2+. The highest BCUT2D eigenvalue weighted by Crippen LogP contribution is 2.04. The zero-order chi connectivity index (χ0) is 17.5. The van der Waals surface area contributed by atoms with Gasteiger partial charge in [0, 0.05) is 13.0 Å². The Kier molecular flexibility index (Phi) is 11.8. The Morgan fingerprint density at radius 2 is 1.83 bits per heavy atom. The van der Waals surface area contributed by atoms with E-state index in [4.69, 9.17) is 15.2 Å². The minimum Gasteiger partial charge on any atom is -0.435 e. The molecule has 1 unspecified atom stereocenters. The van der Waals surface area contributed by atoms with Crippen LogP contribution in [0.4, 0.5) is 0 Å². The van der Waals surface area contributed by atoms with Gasteiger partial charge in [-0.05, 0) is 32.0 Å². The maximum atomic E-state index is 5.84. The first kappa shape index (κ1) is 20.5. The number of ether oxygens (including phenoxy) is 2. The molecule has 1 atom stereocenters. The lowest BCUT2D eigenvalue weighted by Gasteiger charge is -2.12. The van der Waals surface area contributed by atoms with E-state index in [1.54, 1.807) is 7.11 Å². The fraction of sp³-hybridized carbons (Fsp3) is 0.632. The van der Waals surface area contributed by atoms with Crippen LogP contribution in [0.1, 0.15) is 37.7 Å². The number of benzene rings is 1. The third-order valence-electron chi connectivity index (χ3n) is 3.93. The molecule has 0 amide bonds. The Hall–Kier alpha value is -1.59. The molecule has 0 saturated heterocycles. The second-order valence-corrected chi connectivity index (χ2v) is 6.05. The molecule has 0 aliphatic carbocycles. The van der Waals surface area contributed by atoms with Crippen molar-refractivity contribution in [2.75, 3.05) is 33.9 Å². The zero-order valence-electron chi connectivity index (χ0n) is 15.2. The highest BCUT2D eigenvalue weighted by Gasteiger charge is 2.13. The second-order valence-electron chi connectivity index (χ2n) is 6.05. The molecule has 1 rings (SSSR count). The van der Waals surface area contributed by atoms with Gasteiger partial charge in [0.15, 0.2) is 0 Å². The lowest BCUT2D eigenvalue weighted by molar-refractivity contribution is -0.517. The van der Waals surface area contributed by atoms with Crippen LogP contribution < -0.4 is 16.0 Å². The van der Waals surface area contributed by atoms with Gasteiger partial charge in [0.2, 0.25) is 0 Å². The number of unbranched alkanes of at least 4 members (excludes halogenated alkanes) is 4. The summed E-state index contributed by atoms with van der Waals surface area (Å²) < 4.78 is 10.9. The van der Waals surface area contributed by atoms with Gasteiger partial charge < -0.3 is 14.8 Å². The summed E-state index contributed by atoms with van der Waals surface area (Å²) in [5.41, 5.74) is 7.02. The number of nitrogens with two attached hydrogens (primary N) is 1. The molecule has 0 saturated carbocycles. The third-order valence-corrected chi connectivity index (χ3v) is 3.93. The lowest BCUT2D eigenvalue weighted by atomic mass is 10.1. The number of hydrogen-bond acceptors (Lipinski definition) is 3. The van der Waals surface area contributed by atoms with Crippen LogP contribution in [-0.4, -0.2) is 46.0 Å². The third kappa shape index (κ3) is 10.2. The fourth-order valence-electron chi connectivity index (χ4n) is 2.57. The quantitative estimate of drug-likeness (QED) is 0.283. The molecule has 24 heavy (non-hydrogen) atoms. The van der Waals surface area contributed by atoms with Gasteiger partial charge in [0.1, 0.15) is 6.04 Å². The fourth-order valence-corrected chi connectivity index (χ4v) is 2.57. The van der Waals surface area contributed by atoms with E-state index in [-0.39, 0.29) is 6.04 Å². The first-order valence-electron chi connectivity index (χ1n) is 8.95.